The molecule has 4 nitrogen and oxygen atoms in total. The Morgan fingerprint density at radius 1 is 1.30 bits per heavy atom. The minimum Gasteiger partial charge on any atom is -0.360 e. The number of fused-ring (bicyclic) bond motifs is 1. The molecule has 8 heteroatoms. The molecular weight excluding hydrogens is 381 g/mol. The van der Waals surface area contributed by atoms with Gasteiger partial charge in [0.2, 0.25) is 0 Å². The molecule has 1 amide bonds. The molecule has 1 atom stereocenters. The topological polar surface area (TPSA) is 55.1 Å². The van der Waals surface area contributed by atoms with Crippen LogP contribution in [0.4, 0.5) is 18.9 Å². The quantitative estimate of drug-likeness (QED) is 0.698. The minimum absolute atomic E-state index is 0.0151. The first-order valence-electron chi connectivity index (χ1n) is 8.62. The molecule has 1 aromatic heterocycles. The Bertz CT molecular complexity index is 869. The van der Waals surface area contributed by atoms with Crippen molar-refractivity contribution in [2.45, 2.75) is 46.2 Å². The molecule has 0 radical (unpaired) electrons. The summed E-state index contributed by atoms with van der Waals surface area (Å²) in [6, 6.07) is 2.78. The van der Waals surface area contributed by atoms with Gasteiger partial charge in [0.15, 0.2) is 5.69 Å². The van der Waals surface area contributed by atoms with E-state index < -0.39 is 17.6 Å². The van der Waals surface area contributed by atoms with Crippen LogP contribution in [-0.2, 0) is 19.0 Å². The number of anilines is 1. The normalized spacial score (nSPS) is 17.5. The molecule has 1 aliphatic rings. The molecule has 1 N–H and O–H groups in total. The first-order valence-corrected chi connectivity index (χ1v) is 9.00. The van der Waals surface area contributed by atoms with Crippen molar-refractivity contribution in [2.75, 3.05) is 5.32 Å². The zero-order chi connectivity index (χ0) is 20.0. The molecule has 3 rings (SSSR count). The van der Waals surface area contributed by atoms with E-state index in [0.29, 0.717) is 24.5 Å². The Kier molecular flexibility index (Phi) is 5.01. The van der Waals surface area contributed by atoms with Crippen molar-refractivity contribution in [3.8, 4) is 0 Å². The summed E-state index contributed by atoms with van der Waals surface area (Å²) < 4.78 is 44.0. The molecule has 1 aliphatic carbocycles. The van der Waals surface area contributed by atoms with Crippen LogP contribution in [0, 0.1) is 11.3 Å². The van der Waals surface area contributed by atoms with E-state index in [9.17, 15) is 18.0 Å². The van der Waals surface area contributed by atoms with Crippen molar-refractivity contribution in [3.63, 3.8) is 0 Å². The number of nitrogens with one attached hydrogen (secondary N) is 1. The van der Waals surface area contributed by atoms with Gasteiger partial charge in [0, 0.05) is 12.0 Å². The van der Waals surface area contributed by atoms with Gasteiger partial charge >= 0.3 is 6.18 Å². The van der Waals surface area contributed by atoms with E-state index in [4.69, 9.17) is 16.1 Å². The van der Waals surface area contributed by atoms with E-state index in [2.05, 4.69) is 31.2 Å². The number of hydrogen-bond donors (Lipinski definition) is 1. The predicted octanol–water partition coefficient (Wildman–Crippen LogP) is 5.75. The molecule has 1 aromatic carbocycles. The number of benzene rings is 1. The zero-order valence-electron chi connectivity index (χ0n) is 15.2. The predicted molar refractivity (Wildman–Crippen MR) is 95.9 cm³/mol. The molecule has 0 saturated carbocycles. The van der Waals surface area contributed by atoms with Crippen molar-refractivity contribution >= 4 is 23.2 Å². The highest BCUT2D eigenvalue weighted by Crippen LogP contribution is 2.39. The monoisotopic (exact) mass is 400 g/mol. The van der Waals surface area contributed by atoms with Gasteiger partial charge in [-0.25, -0.2) is 0 Å². The Balaban J connectivity index is 1.86. The molecule has 0 saturated heterocycles. The van der Waals surface area contributed by atoms with Crippen LogP contribution in [-0.4, -0.2) is 11.1 Å². The van der Waals surface area contributed by atoms with E-state index in [1.165, 1.54) is 0 Å². The van der Waals surface area contributed by atoms with Crippen LogP contribution in [0.1, 0.15) is 54.6 Å². The molecule has 0 aliphatic heterocycles. The number of aryl methyl sites for hydroxylation is 1. The Morgan fingerprint density at radius 2 is 2.00 bits per heavy atom. The van der Waals surface area contributed by atoms with Gasteiger partial charge < -0.3 is 9.84 Å². The number of nitrogens with zero attached hydrogens (tertiary/aromatic N) is 1. The Morgan fingerprint density at radius 3 is 2.63 bits per heavy atom. The van der Waals surface area contributed by atoms with Crippen LogP contribution >= 0.6 is 11.6 Å². The third-order valence-electron chi connectivity index (χ3n) is 5.02. The Hall–Kier alpha value is -2.02. The molecular formula is C19H20ClF3N2O2. The highest BCUT2D eigenvalue weighted by Gasteiger charge is 2.35. The number of carbonyl (C=O) groups excluding carboxylic acids is 1. The van der Waals surface area contributed by atoms with E-state index in [1.807, 2.05) is 0 Å². The summed E-state index contributed by atoms with van der Waals surface area (Å²) in [4.78, 5) is 12.6. The van der Waals surface area contributed by atoms with Crippen LogP contribution in [0.2, 0.25) is 5.02 Å². The van der Waals surface area contributed by atoms with Crippen LogP contribution in [0.5, 0.6) is 0 Å². The minimum atomic E-state index is -4.53. The van der Waals surface area contributed by atoms with Gasteiger partial charge in [-0.2, -0.15) is 13.2 Å². The van der Waals surface area contributed by atoms with E-state index in [1.54, 1.807) is 0 Å². The summed E-state index contributed by atoms with van der Waals surface area (Å²) in [5, 5.41) is 6.31. The third-order valence-corrected chi connectivity index (χ3v) is 5.35. The Labute approximate surface area is 160 Å². The number of hydrogen-bond acceptors (Lipinski definition) is 3. The largest absolute Gasteiger partial charge is 0.416 e. The average Bonchev–Trinajstić information content (AvgIpc) is 2.98. The van der Waals surface area contributed by atoms with Gasteiger partial charge in [0.1, 0.15) is 5.76 Å². The van der Waals surface area contributed by atoms with Crippen LogP contribution in [0.15, 0.2) is 22.7 Å². The lowest BCUT2D eigenvalue weighted by Gasteiger charge is -2.33. The number of alkyl halides is 3. The van der Waals surface area contributed by atoms with Gasteiger partial charge in [-0.05, 0) is 42.4 Å². The fourth-order valence-electron chi connectivity index (χ4n) is 3.30. The number of halogens is 4. The van der Waals surface area contributed by atoms with E-state index >= 15 is 0 Å². The molecule has 2 aromatic rings. The lowest BCUT2D eigenvalue weighted by atomic mass is 9.71. The van der Waals surface area contributed by atoms with Gasteiger partial charge in [-0.15, -0.1) is 0 Å². The molecule has 0 spiro atoms. The third kappa shape index (κ3) is 4.13. The summed E-state index contributed by atoms with van der Waals surface area (Å²) in [7, 11) is 0. The SMILES string of the molecule is CC(C)(C)[C@H]1CCc2onc(C(=O)Nc3cc(C(F)(F)F)ccc3Cl)c2C1. The van der Waals surface area contributed by atoms with Crippen molar-refractivity contribution in [2.24, 2.45) is 11.3 Å². The summed E-state index contributed by atoms with van der Waals surface area (Å²) in [6.45, 7) is 6.41. The summed E-state index contributed by atoms with van der Waals surface area (Å²) in [5.41, 5.74) is -0.115. The summed E-state index contributed by atoms with van der Waals surface area (Å²) in [5.74, 6) is 0.389. The van der Waals surface area contributed by atoms with Crippen molar-refractivity contribution in [3.05, 3.63) is 45.8 Å². The molecule has 27 heavy (non-hydrogen) atoms. The van der Waals surface area contributed by atoms with E-state index in [0.717, 1.165) is 30.2 Å². The molecule has 1 heterocycles. The average molecular weight is 401 g/mol. The first-order chi connectivity index (χ1) is 12.5. The smallest absolute Gasteiger partial charge is 0.360 e. The first kappa shape index (κ1) is 19.7. The molecule has 0 unspecified atom stereocenters. The lowest BCUT2D eigenvalue weighted by Crippen LogP contribution is -2.27. The second-order valence-electron chi connectivity index (χ2n) is 7.89. The zero-order valence-corrected chi connectivity index (χ0v) is 16.0. The van der Waals surface area contributed by atoms with Crippen LogP contribution in [0.25, 0.3) is 0 Å². The maximum Gasteiger partial charge on any atom is 0.416 e. The van der Waals surface area contributed by atoms with Crippen molar-refractivity contribution in [1.29, 1.82) is 0 Å². The number of aromatic nitrogens is 1. The fourth-order valence-corrected chi connectivity index (χ4v) is 3.47. The van der Waals surface area contributed by atoms with Crippen molar-refractivity contribution in [1.82, 2.24) is 5.16 Å². The molecule has 146 valence electrons. The second kappa shape index (κ2) is 6.86. The summed E-state index contributed by atoms with van der Waals surface area (Å²) in [6.07, 6.45) is -2.27. The fraction of sp³-hybridized carbons (Fsp3) is 0.474. The molecule has 0 fully saturated rings. The highest BCUT2D eigenvalue weighted by atomic mass is 35.5. The van der Waals surface area contributed by atoms with Gasteiger partial charge in [-0.1, -0.05) is 37.5 Å². The van der Waals surface area contributed by atoms with Gasteiger partial charge in [0.05, 0.1) is 16.3 Å². The second-order valence-corrected chi connectivity index (χ2v) is 8.29. The van der Waals surface area contributed by atoms with E-state index in [-0.39, 0.29) is 21.8 Å². The molecule has 0 bridgehead atoms. The standard InChI is InChI=1S/C19H20ClF3N2O2/c1-18(2,3)10-5-7-15-12(8-10)16(25-27-15)17(26)24-14-9-11(19(21,22)23)4-6-13(14)20/h4,6,9-10H,5,7-8H2,1-3H3,(H,24,26)/t10-/m0/s1. The maximum absolute atomic E-state index is 12.9. The number of rotatable bonds is 2. The van der Waals surface area contributed by atoms with Crippen molar-refractivity contribution < 1.29 is 22.5 Å². The number of carbonyl (C=O) groups is 1. The van der Waals surface area contributed by atoms with Crippen LogP contribution in [0.3, 0.4) is 0 Å². The van der Waals surface area contributed by atoms with Gasteiger partial charge in [0.25, 0.3) is 5.91 Å². The van der Waals surface area contributed by atoms with Crippen LogP contribution < -0.4 is 5.32 Å². The lowest BCUT2D eigenvalue weighted by molar-refractivity contribution is -0.137. The number of amides is 1. The van der Waals surface area contributed by atoms with Gasteiger partial charge in [-0.3, -0.25) is 4.79 Å². The highest BCUT2D eigenvalue weighted by molar-refractivity contribution is 6.34. The summed E-state index contributed by atoms with van der Waals surface area (Å²) >= 11 is 5.95. The maximum atomic E-state index is 12.9.